The number of carbonyl (C=O) groups excluding carboxylic acids is 2. The van der Waals surface area contributed by atoms with E-state index >= 15 is 0 Å². The van der Waals surface area contributed by atoms with Crippen LogP contribution < -0.4 is 30.7 Å². The summed E-state index contributed by atoms with van der Waals surface area (Å²) in [5.74, 6) is 0.660. The van der Waals surface area contributed by atoms with Gasteiger partial charge < -0.3 is 49.7 Å². The standard InChI is InChI=1S/C37H56N4O8/c1-25(2)35(40-34(42)21-38)36(43)49-37(3,24-45-5)20-28-19-30(27-9-11-29(46-6)12-10-27)33(22-39-28)48-23-26-8-13-32-31(18-26)41(15-17-47-32)14-7-16-44-4/h8-13,18,25,28,30,33,35,39H,7,14-17,19-24,38H2,1-6H3,(H,40,42)/t28-,30-,33+,35+,37?/m1/s1. The Morgan fingerprint density at radius 3 is 2.57 bits per heavy atom. The van der Waals surface area contributed by atoms with Crippen molar-refractivity contribution >= 4 is 17.6 Å². The summed E-state index contributed by atoms with van der Waals surface area (Å²) >= 11 is 0. The molecule has 1 unspecified atom stereocenters. The van der Waals surface area contributed by atoms with Gasteiger partial charge in [0.15, 0.2) is 0 Å². The van der Waals surface area contributed by atoms with Crippen LogP contribution in [0.25, 0.3) is 0 Å². The number of nitrogens with zero attached hydrogens (tertiary/aromatic N) is 1. The summed E-state index contributed by atoms with van der Waals surface area (Å²) in [5.41, 5.74) is 7.87. The molecule has 5 atom stereocenters. The number of anilines is 1. The smallest absolute Gasteiger partial charge is 0.329 e. The van der Waals surface area contributed by atoms with Crippen molar-refractivity contribution in [2.24, 2.45) is 11.7 Å². The van der Waals surface area contributed by atoms with Gasteiger partial charge in [0.25, 0.3) is 0 Å². The van der Waals surface area contributed by atoms with Gasteiger partial charge in [-0.05, 0) is 61.1 Å². The first-order valence-electron chi connectivity index (χ1n) is 17.3. The van der Waals surface area contributed by atoms with E-state index in [9.17, 15) is 9.59 Å². The molecule has 0 bridgehead atoms. The molecule has 0 aromatic heterocycles. The molecule has 2 aromatic rings. The molecule has 0 spiro atoms. The molecular formula is C37H56N4O8. The minimum atomic E-state index is -0.942. The van der Waals surface area contributed by atoms with Crippen molar-refractivity contribution < 1.29 is 38.0 Å². The lowest BCUT2D eigenvalue weighted by Gasteiger charge is -2.41. The molecule has 4 rings (SSSR count). The summed E-state index contributed by atoms with van der Waals surface area (Å²) in [6.45, 7) is 9.77. The van der Waals surface area contributed by atoms with E-state index < -0.39 is 23.5 Å². The molecule has 4 N–H and O–H groups in total. The Hall–Kier alpha value is -3.42. The molecule has 49 heavy (non-hydrogen) atoms. The average Bonchev–Trinajstić information content (AvgIpc) is 3.09. The van der Waals surface area contributed by atoms with Crippen molar-refractivity contribution in [3.05, 3.63) is 53.6 Å². The summed E-state index contributed by atoms with van der Waals surface area (Å²) in [6.07, 6.45) is 2.09. The number of rotatable bonds is 18. The molecule has 2 aliphatic heterocycles. The summed E-state index contributed by atoms with van der Waals surface area (Å²) in [4.78, 5) is 27.8. The molecule has 0 aliphatic carbocycles. The number of esters is 1. The number of nitrogens with one attached hydrogen (secondary N) is 2. The predicted octanol–water partition coefficient (Wildman–Crippen LogP) is 3.40. The lowest BCUT2D eigenvalue weighted by atomic mass is 9.81. The van der Waals surface area contributed by atoms with Gasteiger partial charge in [-0.1, -0.05) is 32.0 Å². The summed E-state index contributed by atoms with van der Waals surface area (Å²) in [6, 6.07) is 13.6. The lowest BCUT2D eigenvalue weighted by molar-refractivity contribution is -0.170. The highest BCUT2D eigenvalue weighted by atomic mass is 16.6. The van der Waals surface area contributed by atoms with E-state index in [-0.39, 0.29) is 37.1 Å². The Morgan fingerprint density at radius 1 is 1.12 bits per heavy atom. The number of carbonyl (C=O) groups is 2. The number of piperidine rings is 1. The summed E-state index contributed by atoms with van der Waals surface area (Å²) < 4.78 is 35.0. The third-order valence-corrected chi connectivity index (χ3v) is 9.26. The van der Waals surface area contributed by atoms with Crippen LogP contribution in [0.5, 0.6) is 11.5 Å². The molecule has 2 aromatic carbocycles. The van der Waals surface area contributed by atoms with Crippen molar-refractivity contribution in [3.8, 4) is 11.5 Å². The molecule has 0 radical (unpaired) electrons. The second kappa shape index (κ2) is 18.5. The number of hydrogen-bond acceptors (Lipinski definition) is 11. The van der Waals surface area contributed by atoms with E-state index in [1.165, 1.54) is 0 Å². The van der Waals surface area contributed by atoms with Crippen molar-refractivity contribution in [1.29, 1.82) is 0 Å². The third kappa shape index (κ3) is 10.8. The van der Waals surface area contributed by atoms with E-state index in [2.05, 4.69) is 39.8 Å². The second-order valence-electron chi connectivity index (χ2n) is 13.6. The van der Waals surface area contributed by atoms with Crippen LogP contribution in [0.4, 0.5) is 5.69 Å². The summed E-state index contributed by atoms with van der Waals surface area (Å²) in [7, 11) is 4.98. The fourth-order valence-electron chi connectivity index (χ4n) is 6.74. The first-order valence-corrected chi connectivity index (χ1v) is 17.3. The molecule has 1 fully saturated rings. The minimum Gasteiger partial charge on any atom is -0.497 e. The first-order chi connectivity index (χ1) is 23.6. The van der Waals surface area contributed by atoms with Crippen LogP contribution in [-0.2, 0) is 35.1 Å². The Balaban J connectivity index is 1.48. The van der Waals surface area contributed by atoms with Crippen LogP contribution in [0.1, 0.15) is 57.1 Å². The molecule has 1 saturated heterocycles. The topological polar surface area (TPSA) is 143 Å². The first kappa shape index (κ1) is 38.4. The summed E-state index contributed by atoms with van der Waals surface area (Å²) in [5, 5.41) is 6.37. The zero-order valence-corrected chi connectivity index (χ0v) is 30.0. The number of amides is 1. The number of nitrogens with two attached hydrogens (primary N) is 1. The van der Waals surface area contributed by atoms with E-state index in [0.717, 1.165) is 60.9 Å². The predicted molar refractivity (Wildman–Crippen MR) is 188 cm³/mol. The monoisotopic (exact) mass is 684 g/mol. The number of methoxy groups -OCH3 is 3. The normalized spacial score (nSPS) is 20.9. The minimum absolute atomic E-state index is 0.00223. The van der Waals surface area contributed by atoms with Crippen molar-refractivity contribution in [2.45, 2.75) is 76.3 Å². The van der Waals surface area contributed by atoms with Gasteiger partial charge in [0, 0.05) is 52.3 Å². The van der Waals surface area contributed by atoms with Gasteiger partial charge in [-0.25, -0.2) is 4.79 Å². The molecule has 1 amide bonds. The maximum Gasteiger partial charge on any atom is 0.329 e. The average molecular weight is 685 g/mol. The maximum atomic E-state index is 13.4. The van der Waals surface area contributed by atoms with Crippen LogP contribution in [0.2, 0.25) is 0 Å². The number of fused-ring (bicyclic) bond motifs is 1. The lowest BCUT2D eigenvalue weighted by Crippen LogP contribution is -2.54. The van der Waals surface area contributed by atoms with Crippen LogP contribution in [0.3, 0.4) is 0 Å². The fraction of sp³-hybridized carbons (Fsp3) is 0.622. The van der Waals surface area contributed by atoms with E-state index in [4.69, 9.17) is 34.2 Å². The number of hydrogen-bond donors (Lipinski definition) is 3. The van der Waals surface area contributed by atoms with Gasteiger partial charge in [0.1, 0.15) is 29.7 Å². The Morgan fingerprint density at radius 2 is 1.90 bits per heavy atom. The number of benzene rings is 2. The SMILES string of the molecule is COCCCN1CCOc2ccc(CO[C@H]3CN[C@@H](CC(C)(COC)OC(=O)[C@@H](NC(=O)CN)C(C)C)C[C@@H]3c3ccc(OC)cc3)cc21. The highest BCUT2D eigenvalue weighted by Gasteiger charge is 2.40. The molecule has 12 nitrogen and oxygen atoms in total. The van der Waals surface area contributed by atoms with Crippen LogP contribution in [0.15, 0.2) is 42.5 Å². The van der Waals surface area contributed by atoms with Crippen LogP contribution in [0, 0.1) is 5.92 Å². The van der Waals surface area contributed by atoms with Gasteiger partial charge in [0.2, 0.25) is 5.91 Å². The van der Waals surface area contributed by atoms with Gasteiger partial charge in [-0.3, -0.25) is 4.79 Å². The van der Waals surface area contributed by atoms with Crippen LogP contribution >= 0.6 is 0 Å². The van der Waals surface area contributed by atoms with Crippen LogP contribution in [-0.4, -0.2) is 103 Å². The molecule has 2 aliphatic rings. The zero-order chi connectivity index (χ0) is 35.4. The van der Waals surface area contributed by atoms with E-state index in [1.54, 1.807) is 21.3 Å². The van der Waals surface area contributed by atoms with Gasteiger partial charge in [-0.15, -0.1) is 0 Å². The van der Waals surface area contributed by atoms with E-state index in [0.29, 0.717) is 26.2 Å². The molecule has 2 heterocycles. The van der Waals surface area contributed by atoms with Crippen molar-refractivity contribution in [3.63, 3.8) is 0 Å². The third-order valence-electron chi connectivity index (χ3n) is 9.26. The maximum absolute atomic E-state index is 13.4. The van der Waals surface area contributed by atoms with E-state index in [1.807, 2.05) is 39.0 Å². The molecule has 272 valence electrons. The van der Waals surface area contributed by atoms with Gasteiger partial charge in [0.05, 0.1) is 45.2 Å². The van der Waals surface area contributed by atoms with Crippen molar-refractivity contribution in [1.82, 2.24) is 10.6 Å². The Kier molecular flexibility index (Phi) is 14.5. The second-order valence-corrected chi connectivity index (χ2v) is 13.6. The zero-order valence-electron chi connectivity index (χ0n) is 30.0. The Bertz CT molecular complexity index is 1340. The molecule has 0 saturated carbocycles. The van der Waals surface area contributed by atoms with Gasteiger partial charge in [-0.2, -0.15) is 0 Å². The molecule has 12 heteroatoms. The van der Waals surface area contributed by atoms with Crippen molar-refractivity contribution in [2.75, 3.05) is 72.2 Å². The largest absolute Gasteiger partial charge is 0.497 e. The quantitative estimate of drug-likeness (QED) is 0.157. The van der Waals surface area contributed by atoms with Gasteiger partial charge >= 0.3 is 5.97 Å². The fourth-order valence-corrected chi connectivity index (χ4v) is 6.74. The number of ether oxygens (including phenoxy) is 6. The Labute approximate surface area is 291 Å². The highest BCUT2D eigenvalue weighted by Crippen LogP contribution is 2.36. The molecular weight excluding hydrogens is 628 g/mol. The highest BCUT2D eigenvalue weighted by molar-refractivity contribution is 5.85.